The largest absolute Gasteiger partial charge is 0.349 e. The highest BCUT2D eigenvalue weighted by atomic mass is 19.1. The molecule has 0 radical (unpaired) electrons. The molecule has 0 fully saturated rings. The first kappa shape index (κ1) is 9.38. The normalized spacial score (nSPS) is 9.31. The maximum absolute atomic E-state index is 12.5. The molecule has 0 unspecified atom stereocenters. The second-order valence-corrected chi connectivity index (χ2v) is 2.37. The lowest BCUT2D eigenvalue weighted by atomic mass is 10.2. The number of halogens is 1. The van der Waals surface area contributed by atoms with E-state index >= 15 is 0 Å². The van der Waals surface area contributed by atoms with Gasteiger partial charge in [-0.15, -0.1) is 6.58 Å². The minimum Gasteiger partial charge on any atom is -0.349 e. The molecule has 0 saturated heterocycles. The van der Waals surface area contributed by atoms with E-state index in [4.69, 9.17) is 0 Å². The summed E-state index contributed by atoms with van der Waals surface area (Å²) in [5.41, 5.74) is 0.259. The number of pyridine rings is 1. The monoisotopic (exact) mass is 180 g/mol. The van der Waals surface area contributed by atoms with Gasteiger partial charge < -0.3 is 5.32 Å². The maximum atomic E-state index is 12.5. The minimum atomic E-state index is -0.661. The third kappa shape index (κ3) is 2.66. The minimum absolute atomic E-state index is 0.259. The van der Waals surface area contributed by atoms with Crippen molar-refractivity contribution in [3.05, 3.63) is 42.5 Å². The Hall–Kier alpha value is -1.71. The molecular weight excluding hydrogens is 171 g/mol. The fraction of sp³-hybridized carbons (Fsp3) is 0.111. The van der Waals surface area contributed by atoms with Gasteiger partial charge in [-0.25, -0.2) is 4.98 Å². The zero-order valence-corrected chi connectivity index (χ0v) is 6.96. The quantitative estimate of drug-likeness (QED) is 0.559. The van der Waals surface area contributed by atoms with Crippen LogP contribution in [0.3, 0.4) is 0 Å². The Kier molecular flexibility index (Phi) is 3.14. The van der Waals surface area contributed by atoms with Crippen LogP contribution in [0.25, 0.3) is 0 Å². The summed E-state index contributed by atoms with van der Waals surface area (Å²) in [6.07, 6.45) is 2.80. The highest BCUT2D eigenvalue weighted by Gasteiger charge is 2.04. The van der Waals surface area contributed by atoms with Crippen molar-refractivity contribution < 1.29 is 9.18 Å². The standard InChI is InChI=1S/C9H9FN2O/c1-2-4-12-9(13)7-3-5-11-8(10)6-7/h2-3,5-6H,1,4H2,(H,12,13). The lowest BCUT2D eigenvalue weighted by molar-refractivity contribution is 0.0957. The van der Waals surface area contributed by atoms with E-state index in [1.807, 2.05) is 0 Å². The number of rotatable bonds is 3. The van der Waals surface area contributed by atoms with Gasteiger partial charge in [-0.05, 0) is 6.07 Å². The number of hydrogen-bond donors (Lipinski definition) is 1. The number of hydrogen-bond acceptors (Lipinski definition) is 2. The van der Waals surface area contributed by atoms with Crippen LogP contribution in [0, 0.1) is 5.95 Å². The smallest absolute Gasteiger partial charge is 0.251 e. The SMILES string of the molecule is C=CCNC(=O)c1ccnc(F)c1. The van der Waals surface area contributed by atoms with Crippen LogP contribution in [-0.2, 0) is 0 Å². The number of nitrogens with zero attached hydrogens (tertiary/aromatic N) is 1. The van der Waals surface area contributed by atoms with E-state index in [2.05, 4.69) is 16.9 Å². The molecule has 0 atom stereocenters. The molecule has 0 saturated carbocycles. The molecule has 13 heavy (non-hydrogen) atoms. The van der Waals surface area contributed by atoms with Crippen LogP contribution in [0.2, 0.25) is 0 Å². The maximum Gasteiger partial charge on any atom is 0.251 e. The summed E-state index contributed by atoms with van der Waals surface area (Å²) in [6, 6.07) is 2.53. The molecule has 68 valence electrons. The molecule has 4 heteroatoms. The third-order valence-electron chi connectivity index (χ3n) is 1.40. The Labute approximate surface area is 75.3 Å². The van der Waals surface area contributed by atoms with E-state index in [0.29, 0.717) is 6.54 Å². The van der Waals surface area contributed by atoms with Crippen LogP contribution < -0.4 is 5.32 Å². The zero-order chi connectivity index (χ0) is 9.68. The molecule has 1 aromatic heterocycles. The molecule has 1 heterocycles. The molecule has 0 aliphatic rings. The van der Waals surface area contributed by atoms with E-state index in [-0.39, 0.29) is 11.5 Å². The molecule has 0 bridgehead atoms. The van der Waals surface area contributed by atoms with E-state index in [1.165, 1.54) is 12.3 Å². The van der Waals surface area contributed by atoms with Gasteiger partial charge in [0.05, 0.1) is 0 Å². The van der Waals surface area contributed by atoms with Crippen LogP contribution in [0.1, 0.15) is 10.4 Å². The first-order chi connectivity index (χ1) is 6.24. The fourth-order valence-corrected chi connectivity index (χ4v) is 0.811. The Morgan fingerprint density at radius 3 is 3.15 bits per heavy atom. The Balaban J connectivity index is 2.71. The number of carbonyl (C=O) groups excluding carboxylic acids is 1. The van der Waals surface area contributed by atoms with Crippen LogP contribution in [-0.4, -0.2) is 17.4 Å². The molecule has 1 amide bonds. The summed E-state index contributed by atoms with van der Waals surface area (Å²) in [5.74, 6) is -0.993. The van der Waals surface area contributed by atoms with Crippen molar-refractivity contribution in [2.45, 2.75) is 0 Å². The lowest BCUT2D eigenvalue weighted by Crippen LogP contribution is -2.23. The topological polar surface area (TPSA) is 42.0 Å². The van der Waals surface area contributed by atoms with Crippen LogP contribution >= 0.6 is 0 Å². The highest BCUT2D eigenvalue weighted by Crippen LogP contribution is 1.99. The van der Waals surface area contributed by atoms with E-state index in [0.717, 1.165) is 6.07 Å². The van der Waals surface area contributed by atoms with Crippen molar-refractivity contribution in [3.8, 4) is 0 Å². The molecule has 3 nitrogen and oxygen atoms in total. The molecule has 1 aromatic rings. The van der Waals surface area contributed by atoms with Gasteiger partial charge in [-0.2, -0.15) is 4.39 Å². The van der Waals surface area contributed by atoms with Crippen molar-refractivity contribution in [1.82, 2.24) is 10.3 Å². The molecular formula is C9H9FN2O. The molecule has 0 aliphatic heterocycles. The van der Waals surface area contributed by atoms with Gasteiger partial charge >= 0.3 is 0 Å². The fourth-order valence-electron chi connectivity index (χ4n) is 0.811. The van der Waals surface area contributed by atoms with E-state index in [9.17, 15) is 9.18 Å². The summed E-state index contributed by atoms with van der Waals surface area (Å²) >= 11 is 0. The predicted molar refractivity (Wildman–Crippen MR) is 46.7 cm³/mol. The third-order valence-corrected chi connectivity index (χ3v) is 1.40. The first-order valence-electron chi connectivity index (χ1n) is 3.74. The number of amides is 1. The number of carbonyl (C=O) groups is 1. The molecule has 1 N–H and O–H groups in total. The summed E-state index contributed by atoms with van der Waals surface area (Å²) < 4.78 is 12.5. The molecule has 0 spiro atoms. The summed E-state index contributed by atoms with van der Waals surface area (Å²) in [6.45, 7) is 3.81. The van der Waals surface area contributed by atoms with Gasteiger partial charge in [0.1, 0.15) is 0 Å². The zero-order valence-electron chi connectivity index (χ0n) is 6.96. The summed E-state index contributed by atoms with van der Waals surface area (Å²) in [7, 11) is 0. The van der Waals surface area contributed by atoms with Gasteiger partial charge in [0.15, 0.2) is 0 Å². The van der Waals surface area contributed by atoms with Crippen molar-refractivity contribution in [2.24, 2.45) is 0 Å². The van der Waals surface area contributed by atoms with Gasteiger partial charge in [-0.3, -0.25) is 4.79 Å². The molecule has 0 aromatic carbocycles. The second kappa shape index (κ2) is 4.35. The van der Waals surface area contributed by atoms with E-state index < -0.39 is 5.95 Å². The first-order valence-corrected chi connectivity index (χ1v) is 3.74. The number of aromatic nitrogens is 1. The average Bonchev–Trinajstić information content (AvgIpc) is 2.14. The summed E-state index contributed by atoms with van der Waals surface area (Å²) in [4.78, 5) is 14.5. The van der Waals surface area contributed by atoms with E-state index in [1.54, 1.807) is 6.08 Å². The summed E-state index contributed by atoms with van der Waals surface area (Å²) in [5, 5.41) is 2.52. The Morgan fingerprint density at radius 1 is 1.77 bits per heavy atom. The van der Waals surface area contributed by atoms with Gasteiger partial charge in [0.2, 0.25) is 5.95 Å². The Bertz CT molecular complexity index is 325. The predicted octanol–water partition coefficient (Wildman–Crippen LogP) is 1.14. The van der Waals surface area contributed by atoms with Crippen molar-refractivity contribution in [3.63, 3.8) is 0 Å². The average molecular weight is 180 g/mol. The molecule has 1 rings (SSSR count). The Morgan fingerprint density at radius 2 is 2.54 bits per heavy atom. The highest BCUT2D eigenvalue weighted by molar-refractivity contribution is 5.94. The second-order valence-electron chi connectivity index (χ2n) is 2.37. The van der Waals surface area contributed by atoms with Crippen LogP contribution in [0.15, 0.2) is 31.0 Å². The van der Waals surface area contributed by atoms with Crippen molar-refractivity contribution >= 4 is 5.91 Å². The van der Waals surface area contributed by atoms with Gasteiger partial charge in [-0.1, -0.05) is 6.08 Å². The van der Waals surface area contributed by atoms with Crippen LogP contribution in [0.5, 0.6) is 0 Å². The molecule has 0 aliphatic carbocycles. The van der Waals surface area contributed by atoms with Gasteiger partial charge in [0.25, 0.3) is 5.91 Å². The van der Waals surface area contributed by atoms with Gasteiger partial charge in [0, 0.05) is 24.4 Å². The van der Waals surface area contributed by atoms with Crippen molar-refractivity contribution in [2.75, 3.05) is 6.54 Å². The lowest BCUT2D eigenvalue weighted by Gasteiger charge is -2.00. The van der Waals surface area contributed by atoms with Crippen LogP contribution in [0.4, 0.5) is 4.39 Å². The van der Waals surface area contributed by atoms with Crippen molar-refractivity contribution in [1.29, 1.82) is 0 Å². The number of nitrogens with one attached hydrogen (secondary N) is 1.